The zero-order chi connectivity index (χ0) is 14.1. The molecule has 2 aromatic carbocycles. The Morgan fingerprint density at radius 2 is 1.75 bits per heavy atom. The first-order valence-corrected chi connectivity index (χ1v) is 6.44. The summed E-state index contributed by atoms with van der Waals surface area (Å²) in [5.74, 6) is 0.677. The Morgan fingerprint density at radius 3 is 2.45 bits per heavy atom. The lowest BCUT2D eigenvalue weighted by atomic mass is 10.1. The lowest BCUT2D eigenvalue weighted by molar-refractivity contribution is 0.856. The highest BCUT2D eigenvalue weighted by atomic mass is 16.1. The second-order valence-corrected chi connectivity index (χ2v) is 4.64. The Kier molecular flexibility index (Phi) is 2.99. The van der Waals surface area contributed by atoms with Crippen molar-refractivity contribution in [2.45, 2.75) is 0 Å². The van der Waals surface area contributed by atoms with E-state index in [4.69, 9.17) is 0 Å². The summed E-state index contributed by atoms with van der Waals surface area (Å²) in [4.78, 5) is 17.0. The summed E-state index contributed by atoms with van der Waals surface area (Å²) in [6.07, 6.45) is 0. The average molecular weight is 265 g/mol. The normalized spacial score (nSPS) is 10.7. The van der Waals surface area contributed by atoms with Crippen molar-refractivity contribution in [3.05, 3.63) is 58.9 Å². The molecule has 0 amide bonds. The fourth-order valence-corrected chi connectivity index (χ4v) is 2.26. The van der Waals surface area contributed by atoms with Crippen LogP contribution < -0.4 is 10.9 Å². The molecule has 0 spiro atoms. The number of nitrogens with zero attached hydrogens (tertiary/aromatic N) is 2. The van der Waals surface area contributed by atoms with Crippen LogP contribution in [0.15, 0.2) is 53.3 Å². The molecule has 4 heteroatoms. The largest absolute Gasteiger partial charge is 0.388 e. The Bertz CT molecular complexity index is 819. The number of hydrogen-bond donors (Lipinski definition) is 1. The fraction of sp³-hybridized carbons (Fsp3) is 0.125. The highest BCUT2D eigenvalue weighted by Crippen LogP contribution is 2.20. The van der Waals surface area contributed by atoms with Gasteiger partial charge in [0.05, 0.1) is 10.9 Å². The quantitative estimate of drug-likeness (QED) is 0.775. The molecule has 0 radical (unpaired) electrons. The smallest absolute Gasteiger partial charge is 0.261 e. The van der Waals surface area contributed by atoms with Crippen molar-refractivity contribution < 1.29 is 0 Å². The monoisotopic (exact) mass is 265 g/mol. The topological polar surface area (TPSA) is 46.9 Å². The molecule has 0 aliphatic carbocycles. The molecule has 1 heterocycles. The summed E-state index contributed by atoms with van der Waals surface area (Å²) in [6, 6.07) is 15.3. The first-order chi connectivity index (χ1) is 9.70. The van der Waals surface area contributed by atoms with Gasteiger partial charge in [0.15, 0.2) is 0 Å². The molecule has 0 aliphatic heterocycles. The van der Waals surface area contributed by atoms with Gasteiger partial charge in [-0.2, -0.15) is 0 Å². The molecule has 0 saturated carbocycles. The first kappa shape index (κ1) is 12.4. The number of rotatable bonds is 2. The van der Waals surface area contributed by atoms with E-state index in [1.54, 1.807) is 17.7 Å². The maximum Gasteiger partial charge on any atom is 0.261 e. The Balaban J connectivity index is 2.25. The van der Waals surface area contributed by atoms with Gasteiger partial charge in [0.25, 0.3) is 5.56 Å². The summed E-state index contributed by atoms with van der Waals surface area (Å²) < 4.78 is 1.59. The Morgan fingerprint density at radius 1 is 1.05 bits per heavy atom. The van der Waals surface area contributed by atoms with Crippen molar-refractivity contribution in [2.24, 2.45) is 7.05 Å². The average Bonchev–Trinajstić information content (AvgIpc) is 2.51. The lowest BCUT2D eigenvalue weighted by Gasteiger charge is -2.10. The summed E-state index contributed by atoms with van der Waals surface area (Å²) in [5, 5.41) is 3.72. The van der Waals surface area contributed by atoms with E-state index in [9.17, 15) is 4.79 Å². The maximum absolute atomic E-state index is 12.4. The molecule has 100 valence electrons. The standard InChI is InChI=1S/C16H15N3O/c1-17-12-9-7-11(8-10-12)15-18-14-6-4-3-5-13(14)16(20)19(15)2/h3-10,17H,1-2H3. The van der Waals surface area contributed by atoms with Crippen molar-refractivity contribution in [3.8, 4) is 11.4 Å². The van der Waals surface area contributed by atoms with Crippen LogP contribution in [0.2, 0.25) is 0 Å². The van der Waals surface area contributed by atoms with Crippen LogP contribution in [0.25, 0.3) is 22.3 Å². The predicted molar refractivity (Wildman–Crippen MR) is 82.0 cm³/mol. The minimum absolute atomic E-state index is 0.0247. The number of fused-ring (bicyclic) bond motifs is 1. The summed E-state index contributed by atoms with van der Waals surface area (Å²) in [7, 11) is 3.63. The lowest BCUT2D eigenvalue weighted by Crippen LogP contribution is -2.20. The Hall–Kier alpha value is -2.62. The molecule has 0 saturated heterocycles. The van der Waals surface area contributed by atoms with Crippen molar-refractivity contribution in [3.63, 3.8) is 0 Å². The zero-order valence-corrected chi connectivity index (χ0v) is 11.4. The number of para-hydroxylation sites is 1. The first-order valence-electron chi connectivity index (χ1n) is 6.44. The number of aromatic nitrogens is 2. The van der Waals surface area contributed by atoms with Gasteiger partial charge >= 0.3 is 0 Å². The molecular formula is C16H15N3O. The maximum atomic E-state index is 12.4. The van der Waals surface area contributed by atoms with E-state index in [-0.39, 0.29) is 5.56 Å². The molecule has 0 atom stereocenters. The highest BCUT2D eigenvalue weighted by molar-refractivity contribution is 5.79. The molecule has 20 heavy (non-hydrogen) atoms. The van der Waals surface area contributed by atoms with Crippen LogP contribution in [0.3, 0.4) is 0 Å². The minimum Gasteiger partial charge on any atom is -0.388 e. The summed E-state index contributed by atoms with van der Waals surface area (Å²) >= 11 is 0. The van der Waals surface area contributed by atoms with E-state index in [0.717, 1.165) is 16.8 Å². The van der Waals surface area contributed by atoms with E-state index >= 15 is 0 Å². The third-order valence-corrected chi connectivity index (χ3v) is 3.41. The Labute approximate surface area is 116 Å². The molecule has 3 aromatic rings. The van der Waals surface area contributed by atoms with Gasteiger partial charge in [-0.1, -0.05) is 12.1 Å². The third-order valence-electron chi connectivity index (χ3n) is 3.41. The van der Waals surface area contributed by atoms with Gasteiger partial charge in [0.2, 0.25) is 0 Å². The summed E-state index contributed by atoms with van der Waals surface area (Å²) in [5.41, 5.74) is 2.65. The van der Waals surface area contributed by atoms with Gasteiger partial charge in [0, 0.05) is 25.3 Å². The van der Waals surface area contributed by atoms with Crippen molar-refractivity contribution in [1.82, 2.24) is 9.55 Å². The van der Waals surface area contributed by atoms with Crippen molar-refractivity contribution in [1.29, 1.82) is 0 Å². The molecule has 1 aromatic heterocycles. The van der Waals surface area contributed by atoms with Crippen molar-refractivity contribution in [2.75, 3.05) is 12.4 Å². The molecule has 3 rings (SSSR count). The van der Waals surface area contributed by atoms with Crippen molar-refractivity contribution >= 4 is 16.6 Å². The number of benzene rings is 2. The number of anilines is 1. The van der Waals surface area contributed by atoms with Crippen LogP contribution in [-0.4, -0.2) is 16.6 Å². The SMILES string of the molecule is CNc1ccc(-c2nc3ccccc3c(=O)n2C)cc1. The fourth-order valence-electron chi connectivity index (χ4n) is 2.26. The van der Waals surface area contributed by atoms with Gasteiger partial charge in [-0.15, -0.1) is 0 Å². The second kappa shape index (κ2) is 4.81. The predicted octanol–water partition coefficient (Wildman–Crippen LogP) is 2.64. The molecule has 0 bridgehead atoms. The third kappa shape index (κ3) is 1.95. The zero-order valence-electron chi connectivity index (χ0n) is 11.4. The molecule has 4 nitrogen and oxygen atoms in total. The second-order valence-electron chi connectivity index (χ2n) is 4.64. The molecule has 1 N–H and O–H groups in total. The number of nitrogens with one attached hydrogen (secondary N) is 1. The van der Waals surface area contributed by atoms with E-state index in [1.165, 1.54) is 0 Å². The van der Waals surface area contributed by atoms with Gasteiger partial charge in [-0.3, -0.25) is 9.36 Å². The minimum atomic E-state index is -0.0247. The van der Waals surface area contributed by atoms with E-state index in [0.29, 0.717) is 11.2 Å². The molecule has 0 aliphatic rings. The van der Waals surface area contributed by atoms with Crippen LogP contribution in [0.4, 0.5) is 5.69 Å². The molecular weight excluding hydrogens is 250 g/mol. The van der Waals surface area contributed by atoms with E-state index in [2.05, 4.69) is 10.3 Å². The number of hydrogen-bond acceptors (Lipinski definition) is 3. The van der Waals surface area contributed by atoms with Crippen LogP contribution in [0.5, 0.6) is 0 Å². The highest BCUT2D eigenvalue weighted by Gasteiger charge is 2.09. The molecule has 0 fully saturated rings. The van der Waals surface area contributed by atoms with Gasteiger partial charge in [0.1, 0.15) is 5.82 Å². The van der Waals surface area contributed by atoms with Crippen LogP contribution >= 0.6 is 0 Å². The summed E-state index contributed by atoms with van der Waals surface area (Å²) in [6.45, 7) is 0. The van der Waals surface area contributed by atoms with Crippen LogP contribution in [-0.2, 0) is 7.05 Å². The van der Waals surface area contributed by atoms with Crippen LogP contribution in [0, 0.1) is 0 Å². The van der Waals surface area contributed by atoms with Crippen LogP contribution in [0.1, 0.15) is 0 Å². The van der Waals surface area contributed by atoms with Gasteiger partial charge in [-0.25, -0.2) is 4.98 Å². The molecule has 0 unspecified atom stereocenters. The van der Waals surface area contributed by atoms with Gasteiger partial charge in [-0.05, 0) is 36.4 Å². The van der Waals surface area contributed by atoms with E-state index in [1.807, 2.05) is 49.5 Å². The van der Waals surface area contributed by atoms with E-state index < -0.39 is 0 Å². The van der Waals surface area contributed by atoms with Gasteiger partial charge < -0.3 is 5.32 Å².